The minimum atomic E-state index is -0.156. The van der Waals surface area contributed by atoms with Crippen molar-refractivity contribution in [1.82, 2.24) is 0 Å². The van der Waals surface area contributed by atoms with Crippen molar-refractivity contribution in [2.24, 2.45) is 0 Å². The highest BCUT2D eigenvalue weighted by Crippen LogP contribution is 2.33. The highest BCUT2D eigenvalue weighted by atomic mass is 35.5. The minimum absolute atomic E-state index is 0.156. The number of amides is 1. The quantitative estimate of drug-likeness (QED) is 0.565. The Hall–Kier alpha value is -2.24. The molecule has 0 heterocycles. The van der Waals surface area contributed by atoms with Crippen LogP contribution in [0.3, 0.4) is 0 Å². The topological polar surface area (TPSA) is 73.6 Å². The molecule has 1 amide bonds. The van der Waals surface area contributed by atoms with Crippen LogP contribution in [0.5, 0.6) is 5.75 Å². The summed E-state index contributed by atoms with van der Waals surface area (Å²) in [5.41, 5.74) is 7.73. The number of hydrogen-bond acceptors (Lipinski definition) is 4. The zero-order chi connectivity index (χ0) is 17.4. The lowest BCUT2D eigenvalue weighted by Gasteiger charge is -2.14. The number of nitrogen functional groups attached to an aromatic ring is 1. The molecule has 6 heteroatoms. The lowest BCUT2D eigenvalue weighted by molar-refractivity contribution is -0.115. The highest BCUT2D eigenvalue weighted by Gasteiger charge is 2.12. The minimum Gasteiger partial charge on any atom is -0.487 e. The molecular weight excluding hydrogens is 328 g/mol. The number of hydrogen-bond donors (Lipinski definition) is 2. The molecule has 24 heavy (non-hydrogen) atoms. The number of nitrogens with one attached hydrogen (secondary N) is 1. The number of nitrogens with two attached hydrogens (primary N) is 1. The standard InChI is InChI=1S/C18H21ClN2O3/c1-2-23-10-11-24-18-15(19)4-3-5-16(18)21-17(22)12-13-6-8-14(20)9-7-13/h3-9H,2,10-12,20H2,1H3,(H,21,22). The molecular formula is C18H21ClN2O3. The number of carbonyl (C=O) groups excluding carboxylic acids is 1. The summed E-state index contributed by atoms with van der Waals surface area (Å²) in [6.07, 6.45) is 0.241. The van der Waals surface area contributed by atoms with E-state index in [-0.39, 0.29) is 12.3 Å². The molecule has 0 bridgehead atoms. The number of anilines is 2. The summed E-state index contributed by atoms with van der Waals surface area (Å²) in [5.74, 6) is 0.293. The summed E-state index contributed by atoms with van der Waals surface area (Å²) in [6, 6.07) is 12.4. The maximum absolute atomic E-state index is 12.2. The largest absolute Gasteiger partial charge is 0.487 e. The molecule has 0 radical (unpaired) electrons. The second-order valence-corrected chi connectivity index (χ2v) is 5.54. The summed E-state index contributed by atoms with van der Waals surface area (Å²) in [7, 11) is 0. The van der Waals surface area contributed by atoms with E-state index in [1.807, 2.05) is 19.1 Å². The lowest BCUT2D eigenvalue weighted by atomic mass is 10.1. The van der Waals surface area contributed by atoms with Crippen LogP contribution in [0.2, 0.25) is 5.02 Å². The summed E-state index contributed by atoms with van der Waals surface area (Å²) < 4.78 is 10.9. The first-order valence-corrected chi connectivity index (χ1v) is 8.11. The van der Waals surface area contributed by atoms with Crippen molar-refractivity contribution in [3.63, 3.8) is 0 Å². The monoisotopic (exact) mass is 348 g/mol. The zero-order valence-electron chi connectivity index (χ0n) is 13.5. The summed E-state index contributed by atoms with van der Waals surface area (Å²) >= 11 is 6.17. The Morgan fingerprint density at radius 1 is 1.17 bits per heavy atom. The number of rotatable bonds is 8. The van der Waals surface area contributed by atoms with Gasteiger partial charge >= 0.3 is 0 Å². The Kier molecular flexibility index (Phi) is 6.90. The fourth-order valence-corrected chi connectivity index (χ4v) is 2.35. The van der Waals surface area contributed by atoms with Crippen LogP contribution in [0.25, 0.3) is 0 Å². The van der Waals surface area contributed by atoms with Crippen LogP contribution in [-0.2, 0) is 16.0 Å². The molecule has 0 atom stereocenters. The van der Waals surface area contributed by atoms with Crippen LogP contribution >= 0.6 is 11.6 Å². The van der Waals surface area contributed by atoms with Crippen molar-refractivity contribution in [1.29, 1.82) is 0 Å². The van der Waals surface area contributed by atoms with Crippen molar-refractivity contribution >= 4 is 28.9 Å². The van der Waals surface area contributed by atoms with Crippen LogP contribution in [0, 0.1) is 0 Å². The predicted octanol–water partition coefficient (Wildman–Crippen LogP) is 3.52. The fourth-order valence-electron chi connectivity index (χ4n) is 2.12. The van der Waals surface area contributed by atoms with Gasteiger partial charge in [-0.3, -0.25) is 4.79 Å². The molecule has 0 spiro atoms. The van der Waals surface area contributed by atoms with Crippen LogP contribution < -0.4 is 15.8 Å². The maximum atomic E-state index is 12.2. The van der Waals surface area contributed by atoms with E-state index in [4.69, 9.17) is 26.8 Å². The molecule has 0 saturated heterocycles. The van der Waals surface area contributed by atoms with Crippen LogP contribution in [0.4, 0.5) is 11.4 Å². The molecule has 0 aliphatic carbocycles. The second-order valence-electron chi connectivity index (χ2n) is 5.13. The molecule has 2 aromatic rings. The van der Waals surface area contributed by atoms with E-state index >= 15 is 0 Å². The molecule has 0 aliphatic heterocycles. The van der Waals surface area contributed by atoms with Gasteiger partial charge in [-0.15, -0.1) is 0 Å². The molecule has 0 aliphatic rings. The van der Waals surface area contributed by atoms with Crippen molar-refractivity contribution < 1.29 is 14.3 Å². The third kappa shape index (κ3) is 5.44. The average Bonchev–Trinajstić information content (AvgIpc) is 2.56. The van der Waals surface area contributed by atoms with Gasteiger partial charge in [-0.1, -0.05) is 29.8 Å². The van der Waals surface area contributed by atoms with Crippen LogP contribution in [-0.4, -0.2) is 25.7 Å². The molecule has 3 N–H and O–H groups in total. The Morgan fingerprint density at radius 2 is 1.92 bits per heavy atom. The van der Waals surface area contributed by atoms with Gasteiger partial charge in [0, 0.05) is 12.3 Å². The van der Waals surface area contributed by atoms with Gasteiger partial charge in [0.25, 0.3) is 0 Å². The summed E-state index contributed by atoms with van der Waals surface area (Å²) in [6.45, 7) is 3.36. The second kappa shape index (κ2) is 9.15. The smallest absolute Gasteiger partial charge is 0.228 e. The van der Waals surface area contributed by atoms with Gasteiger partial charge in [0.05, 0.1) is 23.7 Å². The van der Waals surface area contributed by atoms with Crippen molar-refractivity contribution in [2.45, 2.75) is 13.3 Å². The summed E-state index contributed by atoms with van der Waals surface area (Å²) in [5, 5.41) is 3.28. The number of benzene rings is 2. The first-order chi connectivity index (χ1) is 11.6. The molecule has 0 saturated carbocycles. The average molecular weight is 349 g/mol. The van der Waals surface area contributed by atoms with Crippen molar-refractivity contribution in [3.05, 3.63) is 53.1 Å². The van der Waals surface area contributed by atoms with Gasteiger partial charge in [0.1, 0.15) is 6.61 Å². The van der Waals surface area contributed by atoms with Gasteiger partial charge in [0.15, 0.2) is 5.75 Å². The predicted molar refractivity (Wildman–Crippen MR) is 96.6 cm³/mol. The van der Waals surface area contributed by atoms with Crippen molar-refractivity contribution in [3.8, 4) is 5.75 Å². The lowest BCUT2D eigenvalue weighted by Crippen LogP contribution is -2.16. The van der Waals surface area contributed by atoms with E-state index < -0.39 is 0 Å². The normalized spacial score (nSPS) is 10.4. The number of ether oxygens (including phenoxy) is 2. The first-order valence-electron chi connectivity index (χ1n) is 7.73. The maximum Gasteiger partial charge on any atom is 0.228 e. The molecule has 0 aromatic heterocycles. The molecule has 5 nitrogen and oxygen atoms in total. The zero-order valence-corrected chi connectivity index (χ0v) is 14.3. The van der Waals surface area contributed by atoms with E-state index in [0.29, 0.717) is 42.0 Å². The van der Waals surface area contributed by atoms with Gasteiger partial charge in [0.2, 0.25) is 5.91 Å². The van der Waals surface area contributed by atoms with E-state index in [1.165, 1.54) is 0 Å². The Bertz CT molecular complexity index is 674. The molecule has 0 fully saturated rings. The Morgan fingerprint density at radius 3 is 2.62 bits per heavy atom. The Balaban J connectivity index is 2.01. The highest BCUT2D eigenvalue weighted by molar-refractivity contribution is 6.32. The SMILES string of the molecule is CCOCCOc1c(Cl)cccc1NC(=O)Cc1ccc(N)cc1. The molecule has 2 rings (SSSR count). The first kappa shape index (κ1) is 18.1. The Labute approximate surface area is 146 Å². The van der Waals surface area contributed by atoms with E-state index in [2.05, 4.69) is 5.32 Å². The van der Waals surface area contributed by atoms with Gasteiger partial charge in [-0.2, -0.15) is 0 Å². The molecule has 128 valence electrons. The molecule has 2 aromatic carbocycles. The van der Waals surface area contributed by atoms with Gasteiger partial charge < -0.3 is 20.5 Å². The number of carbonyl (C=O) groups is 1. The van der Waals surface area contributed by atoms with E-state index in [0.717, 1.165) is 5.56 Å². The molecule has 0 unspecified atom stereocenters. The third-order valence-electron chi connectivity index (χ3n) is 3.26. The number of para-hydroxylation sites is 1. The fraction of sp³-hybridized carbons (Fsp3) is 0.278. The number of halogens is 1. The summed E-state index contributed by atoms with van der Waals surface area (Å²) in [4.78, 5) is 12.2. The van der Waals surface area contributed by atoms with E-state index in [9.17, 15) is 4.79 Å². The van der Waals surface area contributed by atoms with Crippen molar-refractivity contribution in [2.75, 3.05) is 30.9 Å². The third-order valence-corrected chi connectivity index (χ3v) is 3.56. The van der Waals surface area contributed by atoms with Crippen LogP contribution in [0.1, 0.15) is 12.5 Å². The van der Waals surface area contributed by atoms with Gasteiger partial charge in [-0.05, 0) is 36.8 Å². The van der Waals surface area contributed by atoms with E-state index in [1.54, 1.807) is 30.3 Å². The van der Waals surface area contributed by atoms with Crippen LogP contribution in [0.15, 0.2) is 42.5 Å². The van der Waals surface area contributed by atoms with Gasteiger partial charge in [-0.25, -0.2) is 0 Å².